The van der Waals surface area contributed by atoms with Crippen molar-refractivity contribution in [1.29, 1.82) is 0 Å². The summed E-state index contributed by atoms with van der Waals surface area (Å²) in [6.45, 7) is 2.30. The molecule has 1 spiro atoms. The lowest BCUT2D eigenvalue weighted by Crippen LogP contribution is -2.70. The van der Waals surface area contributed by atoms with Gasteiger partial charge in [0.25, 0.3) is 0 Å². The third-order valence-electron chi connectivity index (χ3n) is 8.99. The van der Waals surface area contributed by atoms with Crippen molar-refractivity contribution < 1.29 is 15.3 Å². The zero-order valence-electron chi connectivity index (χ0n) is 14.2. The average molecular weight is 318 g/mol. The molecule has 0 aromatic carbocycles. The van der Waals surface area contributed by atoms with Gasteiger partial charge >= 0.3 is 0 Å². The quantitative estimate of drug-likeness (QED) is 0.651. The highest BCUT2D eigenvalue weighted by Crippen LogP contribution is 2.77. The standard InChI is InChI=1S/C20H30O3/c1-17-8-13-4-5-14(17)16(22)20(12-21)15(19(23,9-13)11-17)10-18(20)6-2-3-7-18/h4-5,13-16,21-23H,2-3,6-12H2,1H3. The minimum absolute atomic E-state index is 0.0227. The molecule has 7 unspecified atom stereocenters. The second-order valence-electron chi connectivity index (χ2n) is 9.90. The van der Waals surface area contributed by atoms with Crippen LogP contribution in [0.4, 0.5) is 0 Å². The molecule has 128 valence electrons. The Morgan fingerprint density at radius 3 is 2.52 bits per heavy atom. The fraction of sp³-hybridized carbons (Fsp3) is 0.900. The Hall–Kier alpha value is -0.380. The molecule has 5 aliphatic rings. The monoisotopic (exact) mass is 318 g/mol. The van der Waals surface area contributed by atoms with Crippen LogP contribution < -0.4 is 0 Å². The molecule has 0 saturated heterocycles. The summed E-state index contributed by atoms with van der Waals surface area (Å²) in [5, 5.41) is 33.7. The molecule has 5 rings (SSSR count). The summed E-state index contributed by atoms with van der Waals surface area (Å²) in [6, 6.07) is 0. The van der Waals surface area contributed by atoms with E-state index < -0.39 is 17.1 Å². The molecule has 3 nitrogen and oxygen atoms in total. The highest BCUT2D eigenvalue weighted by atomic mass is 16.3. The zero-order valence-corrected chi connectivity index (χ0v) is 14.2. The van der Waals surface area contributed by atoms with Crippen LogP contribution in [0.3, 0.4) is 0 Å². The maximum atomic E-state index is 11.7. The number of fused-ring (bicyclic) bond motifs is 5. The smallest absolute Gasteiger partial charge is 0.0695 e. The zero-order chi connectivity index (χ0) is 16.1. The van der Waals surface area contributed by atoms with Gasteiger partial charge < -0.3 is 15.3 Å². The second kappa shape index (κ2) is 4.23. The summed E-state index contributed by atoms with van der Waals surface area (Å²) in [5.74, 6) is 0.595. The lowest BCUT2D eigenvalue weighted by Gasteiger charge is -2.68. The molecule has 0 radical (unpaired) electrons. The third kappa shape index (κ3) is 1.49. The second-order valence-corrected chi connectivity index (χ2v) is 9.90. The van der Waals surface area contributed by atoms with Crippen molar-refractivity contribution in [1.82, 2.24) is 0 Å². The van der Waals surface area contributed by atoms with Gasteiger partial charge in [-0.3, -0.25) is 0 Å². The van der Waals surface area contributed by atoms with Crippen molar-refractivity contribution in [2.24, 2.45) is 34.0 Å². The van der Waals surface area contributed by atoms with Gasteiger partial charge in [0.15, 0.2) is 0 Å². The van der Waals surface area contributed by atoms with E-state index >= 15 is 0 Å². The number of aliphatic hydroxyl groups excluding tert-OH is 2. The van der Waals surface area contributed by atoms with Crippen LogP contribution >= 0.6 is 0 Å². The lowest BCUT2D eigenvalue weighted by molar-refractivity contribution is -0.276. The average Bonchev–Trinajstić information content (AvgIpc) is 2.95. The Kier molecular flexibility index (Phi) is 2.74. The summed E-state index contributed by atoms with van der Waals surface area (Å²) < 4.78 is 0. The Labute approximate surface area is 138 Å². The minimum Gasteiger partial charge on any atom is -0.396 e. The molecule has 3 heteroatoms. The van der Waals surface area contributed by atoms with Crippen molar-refractivity contribution in [3.05, 3.63) is 12.2 Å². The van der Waals surface area contributed by atoms with Crippen molar-refractivity contribution in [3.8, 4) is 0 Å². The van der Waals surface area contributed by atoms with E-state index in [4.69, 9.17) is 0 Å². The number of allylic oxidation sites excluding steroid dienone is 1. The molecular weight excluding hydrogens is 288 g/mol. The maximum Gasteiger partial charge on any atom is 0.0695 e. The van der Waals surface area contributed by atoms with E-state index in [1.807, 2.05) is 0 Å². The van der Waals surface area contributed by atoms with E-state index in [1.165, 1.54) is 12.8 Å². The Morgan fingerprint density at radius 2 is 1.83 bits per heavy atom. The first-order chi connectivity index (χ1) is 10.9. The number of rotatable bonds is 1. The summed E-state index contributed by atoms with van der Waals surface area (Å²) in [4.78, 5) is 0. The van der Waals surface area contributed by atoms with Crippen molar-refractivity contribution in [3.63, 3.8) is 0 Å². The summed E-state index contributed by atoms with van der Waals surface area (Å²) in [6.07, 6.45) is 12.3. The van der Waals surface area contributed by atoms with Gasteiger partial charge in [-0.2, -0.15) is 0 Å². The first kappa shape index (κ1) is 14.9. The molecule has 3 bridgehead atoms. The summed E-state index contributed by atoms with van der Waals surface area (Å²) in [5.41, 5.74) is -1.13. The van der Waals surface area contributed by atoms with Crippen molar-refractivity contribution in [2.75, 3.05) is 6.61 Å². The molecule has 0 aromatic rings. The van der Waals surface area contributed by atoms with Crippen LogP contribution in [0.15, 0.2) is 12.2 Å². The van der Waals surface area contributed by atoms with E-state index in [0.29, 0.717) is 5.92 Å². The molecule has 0 amide bonds. The molecule has 3 N–H and O–H groups in total. The topological polar surface area (TPSA) is 60.7 Å². The van der Waals surface area contributed by atoms with E-state index in [-0.39, 0.29) is 29.3 Å². The molecular formula is C20H30O3. The first-order valence-corrected chi connectivity index (χ1v) is 9.59. The SMILES string of the molecule is CC12CC3C=CC1C(O)C1(CO)C(CC14CCCC4)C(O)(C3)C2. The molecule has 23 heavy (non-hydrogen) atoms. The van der Waals surface area contributed by atoms with E-state index in [2.05, 4.69) is 19.1 Å². The van der Waals surface area contributed by atoms with Gasteiger partial charge in [-0.05, 0) is 61.2 Å². The van der Waals surface area contributed by atoms with Crippen LogP contribution in [0.5, 0.6) is 0 Å². The van der Waals surface area contributed by atoms with Gasteiger partial charge in [0.1, 0.15) is 0 Å². The highest BCUT2D eigenvalue weighted by Gasteiger charge is 2.77. The van der Waals surface area contributed by atoms with Gasteiger partial charge in [-0.15, -0.1) is 0 Å². The van der Waals surface area contributed by atoms with Crippen LogP contribution in [-0.4, -0.2) is 33.6 Å². The van der Waals surface area contributed by atoms with E-state index in [1.54, 1.807) is 0 Å². The minimum atomic E-state index is -0.700. The fourth-order valence-electron chi connectivity index (χ4n) is 8.22. The fourth-order valence-corrected chi connectivity index (χ4v) is 8.22. The Morgan fingerprint density at radius 1 is 1.09 bits per heavy atom. The van der Waals surface area contributed by atoms with Gasteiger partial charge in [0, 0.05) is 11.3 Å². The van der Waals surface area contributed by atoms with Crippen molar-refractivity contribution in [2.45, 2.75) is 70.0 Å². The first-order valence-electron chi connectivity index (χ1n) is 9.59. The Bertz CT molecular complexity index is 565. The predicted octanol–water partition coefficient (Wildman–Crippen LogP) is 2.64. The molecule has 5 aliphatic carbocycles. The van der Waals surface area contributed by atoms with Gasteiger partial charge in [0.2, 0.25) is 0 Å². The van der Waals surface area contributed by atoms with Crippen LogP contribution in [0.25, 0.3) is 0 Å². The predicted molar refractivity (Wildman–Crippen MR) is 87.6 cm³/mol. The van der Waals surface area contributed by atoms with Gasteiger partial charge in [-0.1, -0.05) is 31.9 Å². The van der Waals surface area contributed by atoms with Gasteiger partial charge in [0.05, 0.1) is 18.3 Å². The van der Waals surface area contributed by atoms with Crippen LogP contribution in [-0.2, 0) is 0 Å². The maximum absolute atomic E-state index is 11.7. The highest BCUT2D eigenvalue weighted by molar-refractivity contribution is 5.29. The Balaban J connectivity index is 1.71. The van der Waals surface area contributed by atoms with Crippen LogP contribution in [0, 0.1) is 34.0 Å². The van der Waals surface area contributed by atoms with Gasteiger partial charge in [-0.25, -0.2) is 0 Å². The molecule has 0 aromatic heterocycles. The molecule has 0 heterocycles. The summed E-state index contributed by atoms with van der Waals surface area (Å²) >= 11 is 0. The number of hydrogen-bond acceptors (Lipinski definition) is 3. The summed E-state index contributed by atoms with van der Waals surface area (Å²) in [7, 11) is 0. The van der Waals surface area contributed by atoms with Crippen molar-refractivity contribution >= 4 is 0 Å². The number of hydrogen-bond donors (Lipinski definition) is 3. The van der Waals surface area contributed by atoms with Crippen LogP contribution in [0.2, 0.25) is 0 Å². The van der Waals surface area contributed by atoms with Crippen LogP contribution in [0.1, 0.15) is 58.3 Å². The van der Waals surface area contributed by atoms with E-state index in [9.17, 15) is 15.3 Å². The third-order valence-corrected chi connectivity index (χ3v) is 8.99. The largest absolute Gasteiger partial charge is 0.396 e. The lowest BCUT2D eigenvalue weighted by atomic mass is 9.37. The number of aliphatic hydroxyl groups is 3. The van der Waals surface area contributed by atoms with E-state index in [0.717, 1.165) is 38.5 Å². The molecule has 4 fully saturated rings. The molecule has 0 aliphatic heterocycles. The normalized spacial score (nSPS) is 58.8. The molecule has 7 atom stereocenters. The molecule has 4 saturated carbocycles.